The minimum absolute atomic E-state index is 0.0188. The number of amides is 2. The summed E-state index contributed by atoms with van der Waals surface area (Å²) in [7, 11) is 0. The lowest BCUT2D eigenvalue weighted by Gasteiger charge is -2.33. The summed E-state index contributed by atoms with van der Waals surface area (Å²) >= 11 is 7.72. The van der Waals surface area contributed by atoms with Crippen molar-refractivity contribution >= 4 is 35.2 Å². The predicted molar refractivity (Wildman–Crippen MR) is 157 cm³/mol. The van der Waals surface area contributed by atoms with Crippen molar-refractivity contribution in [1.82, 2.24) is 10.2 Å². The first-order chi connectivity index (χ1) is 18.6. The molecule has 0 radical (unpaired) electrons. The summed E-state index contributed by atoms with van der Waals surface area (Å²) in [6.45, 7) is 0.416. The molecule has 200 valence electrons. The van der Waals surface area contributed by atoms with Crippen molar-refractivity contribution in [3.8, 4) is 0 Å². The molecule has 0 spiro atoms. The number of nitrogens with zero attached hydrogens (tertiary/aromatic N) is 1. The molecule has 1 saturated carbocycles. The molecule has 0 aromatic heterocycles. The van der Waals surface area contributed by atoms with Gasteiger partial charge in [-0.25, -0.2) is 0 Å². The molecule has 1 fully saturated rings. The SMILES string of the molecule is O=C(NC1CCCCC1)[C@H](Cc1ccccc1)N(Cc1ccccc1)C(=O)CCCSc1ccc(Cl)cc1. The lowest BCUT2D eigenvalue weighted by atomic mass is 9.94. The maximum absolute atomic E-state index is 13.8. The average Bonchev–Trinajstić information content (AvgIpc) is 2.95. The Morgan fingerprint density at radius 2 is 1.50 bits per heavy atom. The van der Waals surface area contributed by atoms with Gasteiger partial charge >= 0.3 is 0 Å². The van der Waals surface area contributed by atoms with Gasteiger partial charge < -0.3 is 10.2 Å². The first-order valence-electron chi connectivity index (χ1n) is 13.6. The Bertz CT molecular complexity index is 1140. The summed E-state index contributed by atoms with van der Waals surface area (Å²) in [5.41, 5.74) is 2.08. The molecular formula is C32H37ClN2O2S. The van der Waals surface area contributed by atoms with Gasteiger partial charge in [-0.15, -0.1) is 11.8 Å². The third-order valence-electron chi connectivity index (χ3n) is 7.04. The van der Waals surface area contributed by atoms with Crippen LogP contribution >= 0.6 is 23.4 Å². The van der Waals surface area contributed by atoms with E-state index >= 15 is 0 Å². The number of hydrogen-bond donors (Lipinski definition) is 1. The zero-order chi connectivity index (χ0) is 26.6. The highest BCUT2D eigenvalue weighted by Crippen LogP contribution is 2.23. The van der Waals surface area contributed by atoms with Crippen LogP contribution in [0.25, 0.3) is 0 Å². The fourth-order valence-corrected chi connectivity index (χ4v) is 5.95. The molecule has 4 nitrogen and oxygen atoms in total. The van der Waals surface area contributed by atoms with Crippen LogP contribution < -0.4 is 5.32 Å². The highest BCUT2D eigenvalue weighted by molar-refractivity contribution is 7.99. The normalized spacial score (nSPS) is 14.6. The molecule has 1 aliphatic carbocycles. The van der Waals surface area contributed by atoms with Crippen LogP contribution in [-0.4, -0.2) is 34.6 Å². The van der Waals surface area contributed by atoms with Gasteiger partial charge in [0.15, 0.2) is 0 Å². The number of halogens is 1. The lowest BCUT2D eigenvalue weighted by molar-refractivity contribution is -0.141. The summed E-state index contributed by atoms with van der Waals surface area (Å²) in [6.07, 6.45) is 7.17. The summed E-state index contributed by atoms with van der Waals surface area (Å²) in [6, 6.07) is 27.4. The second kappa shape index (κ2) is 15.0. The monoisotopic (exact) mass is 548 g/mol. The van der Waals surface area contributed by atoms with Crippen molar-refractivity contribution in [2.45, 2.75) is 74.9 Å². The molecule has 3 aromatic rings. The van der Waals surface area contributed by atoms with Crippen LogP contribution in [0.15, 0.2) is 89.8 Å². The molecule has 0 aliphatic heterocycles. The second-order valence-electron chi connectivity index (χ2n) is 9.96. The van der Waals surface area contributed by atoms with Crippen LogP contribution in [0, 0.1) is 0 Å². The van der Waals surface area contributed by atoms with E-state index in [1.54, 1.807) is 11.8 Å². The molecule has 38 heavy (non-hydrogen) atoms. The van der Waals surface area contributed by atoms with E-state index in [2.05, 4.69) is 5.32 Å². The molecule has 2 amide bonds. The third-order valence-corrected chi connectivity index (χ3v) is 8.39. The average molecular weight is 549 g/mol. The van der Waals surface area contributed by atoms with Crippen molar-refractivity contribution in [2.75, 3.05) is 5.75 Å². The number of nitrogens with one attached hydrogen (secondary N) is 1. The predicted octanol–water partition coefficient (Wildman–Crippen LogP) is 7.30. The van der Waals surface area contributed by atoms with Gasteiger partial charge in [0.25, 0.3) is 0 Å². The van der Waals surface area contributed by atoms with Crippen molar-refractivity contribution in [2.24, 2.45) is 0 Å². The Labute approximate surface area is 236 Å². The first-order valence-corrected chi connectivity index (χ1v) is 15.0. The van der Waals surface area contributed by atoms with E-state index in [0.29, 0.717) is 19.4 Å². The minimum Gasteiger partial charge on any atom is -0.352 e. The number of benzene rings is 3. The standard InChI is InChI=1S/C32H37ClN2O2S/c33-27-18-20-29(21-19-27)38-22-10-17-31(36)35(24-26-13-6-2-7-14-26)30(23-25-11-4-1-5-12-25)32(37)34-28-15-8-3-9-16-28/h1-2,4-7,11-14,18-21,28,30H,3,8-10,15-17,22-24H2,(H,34,37)/t30-/m0/s1. The second-order valence-corrected chi connectivity index (χ2v) is 11.6. The summed E-state index contributed by atoms with van der Waals surface area (Å²) in [5.74, 6) is 0.801. The van der Waals surface area contributed by atoms with Crippen LogP contribution in [0.5, 0.6) is 0 Å². The van der Waals surface area contributed by atoms with E-state index in [1.165, 1.54) is 6.42 Å². The van der Waals surface area contributed by atoms with Crippen molar-refractivity contribution in [1.29, 1.82) is 0 Å². The van der Waals surface area contributed by atoms with Crippen LogP contribution in [0.1, 0.15) is 56.1 Å². The Morgan fingerprint density at radius 1 is 0.868 bits per heavy atom. The largest absolute Gasteiger partial charge is 0.352 e. The van der Waals surface area contributed by atoms with Gasteiger partial charge in [0.05, 0.1) is 0 Å². The highest BCUT2D eigenvalue weighted by atomic mass is 35.5. The lowest BCUT2D eigenvalue weighted by Crippen LogP contribution is -2.52. The Kier molecular flexibility index (Phi) is 11.1. The number of carbonyl (C=O) groups is 2. The van der Waals surface area contributed by atoms with Gasteiger partial charge in [-0.3, -0.25) is 9.59 Å². The molecule has 1 N–H and O–H groups in total. The molecule has 4 rings (SSSR count). The quantitative estimate of drug-likeness (QED) is 0.191. The number of hydrogen-bond acceptors (Lipinski definition) is 3. The maximum Gasteiger partial charge on any atom is 0.243 e. The zero-order valence-corrected chi connectivity index (χ0v) is 23.4. The Morgan fingerprint density at radius 3 is 2.16 bits per heavy atom. The number of rotatable bonds is 12. The summed E-state index contributed by atoms with van der Waals surface area (Å²) in [5, 5.41) is 4.03. The summed E-state index contributed by atoms with van der Waals surface area (Å²) < 4.78 is 0. The molecule has 0 unspecified atom stereocenters. The minimum atomic E-state index is -0.559. The number of carbonyl (C=O) groups excluding carboxylic acids is 2. The topological polar surface area (TPSA) is 49.4 Å². The molecule has 0 bridgehead atoms. The van der Waals surface area contributed by atoms with Crippen LogP contribution in [0.3, 0.4) is 0 Å². The third kappa shape index (κ3) is 8.92. The molecule has 3 aromatic carbocycles. The number of thioether (sulfide) groups is 1. The zero-order valence-electron chi connectivity index (χ0n) is 21.9. The van der Waals surface area contributed by atoms with Gasteiger partial charge in [-0.1, -0.05) is 91.5 Å². The Hall–Kier alpha value is -2.76. The fourth-order valence-electron chi connectivity index (χ4n) is 4.97. The van der Waals surface area contributed by atoms with Gasteiger partial charge in [0.2, 0.25) is 11.8 Å². The van der Waals surface area contributed by atoms with Gasteiger partial charge in [-0.2, -0.15) is 0 Å². The van der Waals surface area contributed by atoms with Crippen molar-refractivity contribution in [3.05, 3.63) is 101 Å². The molecule has 0 heterocycles. The molecule has 6 heteroatoms. The van der Waals surface area contributed by atoms with Crippen LogP contribution in [0.4, 0.5) is 0 Å². The van der Waals surface area contributed by atoms with Gasteiger partial charge in [0, 0.05) is 35.3 Å². The van der Waals surface area contributed by atoms with E-state index in [1.807, 2.05) is 89.8 Å². The maximum atomic E-state index is 13.8. The van der Waals surface area contributed by atoms with E-state index in [9.17, 15) is 9.59 Å². The fraction of sp³-hybridized carbons (Fsp3) is 0.375. The van der Waals surface area contributed by atoms with Gasteiger partial charge in [-0.05, 0) is 60.4 Å². The first kappa shape index (κ1) is 28.3. The molecule has 1 atom stereocenters. The molecular weight excluding hydrogens is 512 g/mol. The Balaban J connectivity index is 1.49. The highest BCUT2D eigenvalue weighted by Gasteiger charge is 2.31. The van der Waals surface area contributed by atoms with Crippen LogP contribution in [0.2, 0.25) is 5.02 Å². The van der Waals surface area contributed by atoms with Crippen molar-refractivity contribution in [3.63, 3.8) is 0 Å². The smallest absolute Gasteiger partial charge is 0.243 e. The van der Waals surface area contributed by atoms with E-state index in [4.69, 9.17) is 11.6 Å². The van der Waals surface area contributed by atoms with Crippen LogP contribution in [-0.2, 0) is 22.6 Å². The summed E-state index contributed by atoms with van der Waals surface area (Å²) in [4.78, 5) is 30.5. The van der Waals surface area contributed by atoms with Crippen molar-refractivity contribution < 1.29 is 9.59 Å². The van der Waals surface area contributed by atoms with E-state index in [-0.39, 0.29) is 17.9 Å². The molecule has 1 aliphatic rings. The molecule has 0 saturated heterocycles. The van der Waals surface area contributed by atoms with E-state index in [0.717, 1.165) is 58.9 Å². The van der Waals surface area contributed by atoms with E-state index < -0.39 is 6.04 Å². The van der Waals surface area contributed by atoms with Gasteiger partial charge in [0.1, 0.15) is 6.04 Å².